The number of anilines is 2. The molecule has 19 heavy (non-hydrogen) atoms. The third kappa shape index (κ3) is 2.99. The van der Waals surface area contributed by atoms with E-state index >= 15 is 0 Å². The van der Waals surface area contributed by atoms with E-state index in [1.165, 1.54) is 12.0 Å². The molecule has 106 valence electrons. The van der Waals surface area contributed by atoms with Gasteiger partial charge in [0.15, 0.2) is 0 Å². The first kappa shape index (κ1) is 14.1. The van der Waals surface area contributed by atoms with Gasteiger partial charge in [0.05, 0.1) is 0 Å². The van der Waals surface area contributed by atoms with Crippen LogP contribution in [0.5, 0.6) is 0 Å². The number of aromatic nitrogens is 2. The molecule has 0 aliphatic carbocycles. The fourth-order valence-corrected chi connectivity index (χ4v) is 2.90. The van der Waals surface area contributed by atoms with E-state index in [4.69, 9.17) is 0 Å². The molecule has 0 saturated carbocycles. The smallest absolute Gasteiger partial charge is 0.137 e. The van der Waals surface area contributed by atoms with Crippen molar-refractivity contribution in [3.8, 4) is 0 Å². The number of hydrogen-bond acceptors (Lipinski definition) is 4. The van der Waals surface area contributed by atoms with Gasteiger partial charge < -0.3 is 10.2 Å². The molecule has 2 rings (SSSR count). The van der Waals surface area contributed by atoms with Crippen molar-refractivity contribution in [3.63, 3.8) is 0 Å². The van der Waals surface area contributed by atoms with Crippen molar-refractivity contribution in [3.05, 3.63) is 11.4 Å². The molecule has 1 fully saturated rings. The fraction of sp³-hybridized carbons (Fsp3) is 0.733. The van der Waals surface area contributed by atoms with Gasteiger partial charge in [-0.1, -0.05) is 13.8 Å². The van der Waals surface area contributed by atoms with Crippen molar-refractivity contribution in [2.24, 2.45) is 5.92 Å². The van der Waals surface area contributed by atoms with Gasteiger partial charge in [-0.05, 0) is 39.5 Å². The Balaban J connectivity index is 2.32. The number of aryl methyl sites for hydroxylation is 1. The van der Waals surface area contributed by atoms with Crippen molar-refractivity contribution in [1.29, 1.82) is 0 Å². The molecule has 2 atom stereocenters. The van der Waals surface area contributed by atoms with Crippen LogP contribution in [-0.2, 0) is 0 Å². The average Bonchev–Trinajstić information content (AvgIpc) is 2.69. The minimum absolute atomic E-state index is 0.571. The van der Waals surface area contributed by atoms with E-state index < -0.39 is 0 Å². The number of nitrogens with zero attached hydrogens (tertiary/aromatic N) is 3. The van der Waals surface area contributed by atoms with Crippen LogP contribution in [-0.4, -0.2) is 29.1 Å². The maximum absolute atomic E-state index is 4.68. The Morgan fingerprint density at radius 1 is 1.26 bits per heavy atom. The number of nitrogens with one attached hydrogen (secondary N) is 1. The molecule has 2 heterocycles. The van der Waals surface area contributed by atoms with E-state index in [0.717, 1.165) is 42.9 Å². The monoisotopic (exact) mass is 262 g/mol. The molecule has 0 amide bonds. The maximum atomic E-state index is 4.68. The lowest BCUT2D eigenvalue weighted by molar-refractivity contribution is 0.625. The van der Waals surface area contributed by atoms with Crippen molar-refractivity contribution < 1.29 is 0 Å². The zero-order valence-electron chi connectivity index (χ0n) is 12.8. The Morgan fingerprint density at radius 3 is 2.58 bits per heavy atom. The molecule has 0 spiro atoms. The van der Waals surface area contributed by atoms with Crippen molar-refractivity contribution in [1.82, 2.24) is 9.97 Å². The predicted octanol–water partition coefficient (Wildman–Crippen LogP) is 3.15. The standard InChI is InChI=1S/C15H26N4/c1-6-7-16-14-12(4)15(18-13(5)17-14)19-9-10(2)8-11(19)3/h10-11H,6-9H2,1-5H3,(H,16,17,18). The zero-order chi connectivity index (χ0) is 14.0. The summed E-state index contributed by atoms with van der Waals surface area (Å²) in [5, 5.41) is 3.42. The van der Waals surface area contributed by atoms with E-state index in [2.05, 4.69) is 47.9 Å². The van der Waals surface area contributed by atoms with Gasteiger partial charge in [0.25, 0.3) is 0 Å². The van der Waals surface area contributed by atoms with E-state index in [1.807, 2.05) is 6.92 Å². The Morgan fingerprint density at radius 2 is 2.00 bits per heavy atom. The van der Waals surface area contributed by atoms with E-state index in [-0.39, 0.29) is 0 Å². The van der Waals surface area contributed by atoms with Crippen LogP contribution in [0.1, 0.15) is 45.0 Å². The molecule has 1 aliphatic rings. The molecule has 1 aromatic rings. The topological polar surface area (TPSA) is 41.1 Å². The molecule has 0 radical (unpaired) electrons. The molecule has 4 heteroatoms. The lowest BCUT2D eigenvalue weighted by atomic mass is 10.1. The Labute approximate surface area is 116 Å². The first-order valence-corrected chi connectivity index (χ1v) is 7.38. The molecular weight excluding hydrogens is 236 g/mol. The first-order valence-electron chi connectivity index (χ1n) is 7.38. The van der Waals surface area contributed by atoms with Crippen molar-refractivity contribution in [2.45, 2.75) is 53.5 Å². The van der Waals surface area contributed by atoms with Crippen molar-refractivity contribution >= 4 is 11.6 Å². The summed E-state index contributed by atoms with van der Waals surface area (Å²) >= 11 is 0. The molecule has 1 saturated heterocycles. The van der Waals surface area contributed by atoms with Crippen LogP contribution in [0.15, 0.2) is 0 Å². The molecule has 0 aromatic carbocycles. The number of rotatable bonds is 4. The van der Waals surface area contributed by atoms with Crippen LogP contribution in [0.25, 0.3) is 0 Å². The number of hydrogen-bond donors (Lipinski definition) is 1. The highest BCUT2D eigenvalue weighted by Crippen LogP contribution is 2.31. The molecule has 1 aliphatic heterocycles. The van der Waals surface area contributed by atoms with Crippen LogP contribution in [0.4, 0.5) is 11.6 Å². The minimum Gasteiger partial charge on any atom is -0.370 e. The quantitative estimate of drug-likeness (QED) is 0.905. The zero-order valence-corrected chi connectivity index (χ0v) is 12.8. The summed E-state index contributed by atoms with van der Waals surface area (Å²) in [5.74, 6) is 3.71. The van der Waals surface area contributed by atoms with Gasteiger partial charge in [-0.25, -0.2) is 9.97 Å². The summed E-state index contributed by atoms with van der Waals surface area (Å²) in [7, 11) is 0. The lowest BCUT2D eigenvalue weighted by Crippen LogP contribution is -2.29. The predicted molar refractivity (Wildman–Crippen MR) is 80.9 cm³/mol. The van der Waals surface area contributed by atoms with E-state index in [0.29, 0.717) is 6.04 Å². The van der Waals surface area contributed by atoms with Gasteiger partial charge in [0.2, 0.25) is 0 Å². The van der Waals surface area contributed by atoms with Crippen LogP contribution >= 0.6 is 0 Å². The normalized spacial score (nSPS) is 22.9. The Hall–Kier alpha value is -1.32. The Bertz CT molecular complexity index is 444. The lowest BCUT2D eigenvalue weighted by Gasteiger charge is -2.25. The summed E-state index contributed by atoms with van der Waals surface area (Å²) < 4.78 is 0. The molecule has 2 unspecified atom stereocenters. The SMILES string of the molecule is CCCNc1nc(C)nc(N2CC(C)CC2C)c1C. The highest BCUT2D eigenvalue weighted by molar-refractivity contribution is 5.59. The van der Waals surface area contributed by atoms with Gasteiger partial charge in [0.1, 0.15) is 17.5 Å². The summed E-state index contributed by atoms with van der Waals surface area (Å²) in [6.07, 6.45) is 2.36. The highest BCUT2D eigenvalue weighted by Gasteiger charge is 2.29. The molecule has 1 N–H and O–H groups in total. The van der Waals surface area contributed by atoms with Gasteiger partial charge in [-0.2, -0.15) is 0 Å². The van der Waals surface area contributed by atoms with Gasteiger partial charge >= 0.3 is 0 Å². The second-order valence-corrected chi connectivity index (χ2v) is 5.84. The Kier molecular flexibility index (Phi) is 4.27. The molecular formula is C15H26N4. The third-order valence-corrected chi connectivity index (χ3v) is 3.83. The van der Waals surface area contributed by atoms with Crippen LogP contribution in [0, 0.1) is 19.8 Å². The second-order valence-electron chi connectivity index (χ2n) is 5.84. The summed E-state index contributed by atoms with van der Waals surface area (Å²) in [5.41, 5.74) is 1.18. The van der Waals surface area contributed by atoms with Gasteiger partial charge in [-0.15, -0.1) is 0 Å². The second kappa shape index (κ2) is 5.76. The van der Waals surface area contributed by atoms with E-state index in [9.17, 15) is 0 Å². The highest BCUT2D eigenvalue weighted by atomic mass is 15.2. The molecule has 0 bridgehead atoms. The van der Waals surface area contributed by atoms with Crippen molar-refractivity contribution in [2.75, 3.05) is 23.3 Å². The van der Waals surface area contributed by atoms with E-state index in [1.54, 1.807) is 0 Å². The maximum Gasteiger partial charge on any atom is 0.137 e. The first-order chi connectivity index (χ1) is 9.02. The van der Waals surface area contributed by atoms with Gasteiger partial charge in [-0.3, -0.25) is 0 Å². The largest absolute Gasteiger partial charge is 0.370 e. The average molecular weight is 262 g/mol. The minimum atomic E-state index is 0.571. The fourth-order valence-electron chi connectivity index (χ4n) is 2.90. The third-order valence-electron chi connectivity index (χ3n) is 3.83. The summed E-state index contributed by atoms with van der Waals surface area (Å²) in [4.78, 5) is 11.7. The van der Waals surface area contributed by atoms with Crippen LogP contribution in [0.3, 0.4) is 0 Å². The van der Waals surface area contributed by atoms with Crippen LogP contribution < -0.4 is 10.2 Å². The molecule has 4 nitrogen and oxygen atoms in total. The van der Waals surface area contributed by atoms with Gasteiger partial charge in [0, 0.05) is 24.7 Å². The summed E-state index contributed by atoms with van der Waals surface area (Å²) in [6, 6.07) is 0.571. The van der Waals surface area contributed by atoms with Crippen LogP contribution in [0.2, 0.25) is 0 Å². The summed E-state index contributed by atoms with van der Waals surface area (Å²) in [6.45, 7) is 12.9. The molecule has 1 aromatic heterocycles.